The van der Waals surface area contributed by atoms with E-state index in [0.29, 0.717) is 6.54 Å². The van der Waals surface area contributed by atoms with Crippen molar-refractivity contribution in [2.45, 2.75) is 13.5 Å². The van der Waals surface area contributed by atoms with Gasteiger partial charge in [-0.15, -0.1) is 0 Å². The van der Waals surface area contributed by atoms with Crippen molar-refractivity contribution >= 4 is 10.9 Å². The Kier molecular flexibility index (Phi) is 2.61. The minimum atomic E-state index is 0.569. The molecule has 0 amide bonds. The first-order valence-electron chi connectivity index (χ1n) is 6.03. The van der Waals surface area contributed by atoms with Gasteiger partial charge in [-0.3, -0.25) is 0 Å². The average Bonchev–Trinajstić information content (AvgIpc) is 2.77. The Morgan fingerprint density at radius 3 is 2.50 bits per heavy atom. The van der Waals surface area contributed by atoms with Crippen LogP contribution >= 0.6 is 0 Å². The predicted molar refractivity (Wildman–Crippen MR) is 73.7 cm³/mol. The molecule has 1 aromatic heterocycles. The van der Waals surface area contributed by atoms with Crippen LogP contribution < -0.4 is 5.73 Å². The van der Waals surface area contributed by atoms with Gasteiger partial charge in [0, 0.05) is 11.9 Å². The first kappa shape index (κ1) is 11.0. The molecule has 0 aliphatic heterocycles. The SMILES string of the molecule is Cc1nn(-c2ccc(CN)cc2)c2ccccc12. The van der Waals surface area contributed by atoms with Crippen LogP contribution in [0.15, 0.2) is 48.5 Å². The number of nitrogens with zero attached hydrogens (tertiary/aromatic N) is 2. The van der Waals surface area contributed by atoms with Crippen molar-refractivity contribution < 1.29 is 0 Å². The third-order valence-electron chi connectivity index (χ3n) is 3.19. The fraction of sp³-hybridized carbons (Fsp3) is 0.133. The maximum Gasteiger partial charge on any atom is 0.0743 e. The standard InChI is InChI=1S/C15H15N3/c1-11-14-4-2-3-5-15(14)18(17-11)13-8-6-12(10-16)7-9-13/h2-9H,10,16H2,1H3. The molecule has 0 saturated heterocycles. The van der Waals surface area contributed by atoms with Gasteiger partial charge in [-0.1, -0.05) is 30.3 Å². The zero-order valence-electron chi connectivity index (χ0n) is 10.3. The maximum absolute atomic E-state index is 5.61. The topological polar surface area (TPSA) is 43.8 Å². The van der Waals surface area contributed by atoms with Crippen LogP contribution in [0.25, 0.3) is 16.6 Å². The van der Waals surface area contributed by atoms with Gasteiger partial charge in [-0.2, -0.15) is 5.10 Å². The molecule has 18 heavy (non-hydrogen) atoms. The highest BCUT2D eigenvalue weighted by Gasteiger charge is 2.07. The molecule has 3 heteroatoms. The van der Waals surface area contributed by atoms with Crippen molar-refractivity contribution in [3.63, 3.8) is 0 Å². The highest BCUT2D eigenvalue weighted by atomic mass is 15.3. The van der Waals surface area contributed by atoms with Crippen LogP contribution in [0.3, 0.4) is 0 Å². The molecule has 0 atom stereocenters. The first-order chi connectivity index (χ1) is 8.79. The van der Waals surface area contributed by atoms with Crippen LogP contribution in [0.2, 0.25) is 0 Å². The molecular formula is C15H15N3. The van der Waals surface area contributed by atoms with E-state index in [9.17, 15) is 0 Å². The van der Waals surface area contributed by atoms with Crippen molar-refractivity contribution in [1.82, 2.24) is 9.78 Å². The van der Waals surface area contributed by atoms with E-state index in [1.54, 1.807) is 0 Å². The predicted octanol–water partition coefficient (Wildman–Crippen LogP) is 2.79. The van der Waals surface area contributed by atoms with Gasteiger partial charge in [0.2, 0.25) is 0 Å². The lowest BCUT2D eigenvalue weighted by atomic mass is 10.2. The molecule has 2 aromatic carbocycles. The summed E-state index contributed by atoms with van der Waals surface area (Å²) in [5.41, 5.74) is 9.99. The van der Waals surface area contributed by atoms with Crippen molar-refractivity contribution in [3.05, 3.63) is 59.8 Å². The number of para-hydroxylation sites is 1. The van der Waals surface area contributed by atoms with Gasteiger partial charge in [-0.05, 0) is 30.7 Å². The fourth-order valence-corrected chi connectivity index (χ4v) is 2.19. The number of aromatic nitrogens is 2. The van der Waals surface area contributed by atoms with E-state index < -0.39 is 0 Å². The van der Waals surface area contributed by atoms with Crippen LogP contribution in [0.5, 0.6) is 0 Å². The molecule has 0 saturated carbocycles. The van der Waals surface area contributed by atoms with E-state index in [0.717, 1.165) is 22.5 Å². The Hall–Kier alpha value is -2.13. The molecule has 1 heterocycles. The van der Waals surface area contributed by atoms with E-state index >= 15 is 0 Å². The van der Waals surface area contributed by atoms with Crippen LogP contribution in [-0.4, -0.2) is 9.78 Å². The Morgan fingerprint density at radius 2 is 1.78 bits per heavy atom. The van der Waals surface area contributed by atoms with E-state index in [1.165, 1.54) is 5.39 Å². The van der Waals surface area contributed by atoms with Gasteiger partial charge in [0.1, 0.15) is 0 Å². The molecule has 90 valence electrons. The zero-order chi connectivity index (χ0) is 12.5. The second-order valence-electron chi connectivity index (χ2n) is 4.38. The summed E-state index contributed by atoms with van der Waals surface area (Å²) < 4.78 is 1.98. The highest BCUT2D eigenvalue weighted by Crippen LogP contribution is 2.21. The highest BCUT2D eigenvalue weighted by molar-refractivity contribution is 5.83. The molecule has 0 aliphatic rings. The summed E-state index contributed by atoms with van der Waals surface area (Å²) >= 11 is 0. The second kappa shape index (κ2) is 4.27. The molecule has 0 aliphatic carbocycles. The van der Waals surface area contributed by atoms with Crippen molar-refractivity contribution in [1.29, 1.82) is 0 Å². The third kappa shape index (κ3) is 1.69. The zero-order valence-corrected chi connectivity index (χ0v) is 10.3. The summed E-state index contributed by atoms with van der Waals surface area (Å²) in [5.74, 6) is 0. The van der Waals surface area contributed by atoms with Gasteiger partial charge >= 0.3 is 0 Å². The molecule has 0 unspecified atom stereocenters. The Balaban J connectivity index is 2.18. The van der Waals surface area contributed by atoms with E-state index in [2.05, 4.69) is 29.4 Å². The Labute approximate surface area is 106 Å². The summed E-state index contributed by atoms with van der Waals surface area (Å²) in [7, 11) is 0. The van der Waals surface area contributed by atoms with Crippen molar-refractivity contribution in [2.24, 2.45) is 5.73 Å². The van der Waals surface area contributed by atoms with Crippen LogP contribution in [0.4, 0.5) is 0 Å². The van der Waals surface area contributed by atoms with E-state index in [1.807, 2.05) is 35.9 Å². The van der Waals surface area contributed by atoms with Gasteiger partial charge in [0.05, 0.1) is 16.9 Å². The third-order valence-corrected chi connectivity index (χ3v) is 3.19. The Bertz CT molecular complexity index is 681. The summed E-state index contributed by atoms with van der Waals surface area (Å²) in [4.78, 5) is 0. The van der Waals surface area contributed by atoms with Gasteiger partial charge < -0.3 is 5.73 Å². The summed E-state index contributed by atoms with van der Waals surface area (Å²) in [6.45, 7) is 2.60. The van der Waals surface area contributed by atoms with Crippen molar-refractivity contribution in [3.8, 4) is 5.69 Å². The molecule has 3 nitrogen and oxygen atoms in total. The average molecular weight is 237 g/mol. The molecule has 3 rings (SSSR count). The number of hydrogen-bond donors (Lipinski definition) is 1. The minimum absolute atomic E-state index is 0.569. The summed E-state index contributed by atoms with van der Waals surface area (Å²) in [5, 5.41) is 5.80. The van der Waals surface area contributed by atoms with Gasteiger partial charge in [-0.25, -0.2) is 4.68 Å². The smallest absolute Gasteiger partial charge is 0.0743 e. The normalized spacial score (nSPS) is 11.0. The fourth-order valence-electron chi connectivity index (χ4n) is 2.19. The molecule has 2 N–H and O–H groups in total. The van der Waals surface area contributed by atoms with Crippen molar-refractivity contribution in [2.75, 3.05) is 0 Å². The number of nitrogens with two attached hydrogens (primary N) is 1. The van der Waals surface area contributed by atoms with Crippen LogP contribution in [0, 0.1) is 6.92 Å². The number of benzene rings is 2. The molecule has 3 aromatic rings. The van der Waals surface area contributed by atoms with E-state index in [4.69, 9.17) is 5.73 Å². The lowest BCUT2D eigenvalue weighted by Crippen LogP contribution is -1.99. The van der Waals surface area contributed by atoms with Gasteiger partial charge in [0.15, 0.2) is 0 Å². The van der Waals surface area contributed by atoms with Gasteiger partial charge in [0.25, 0.3) is 0 Å². The number of aryl methyl sites for hydroxylation is 1. The molecule has 0 fully saturated rings. The van der Waals surface area contributed by atoms with E-state index in [-0.39, 0.29) is 0 Å². The number of hydrogen-bond acceptors (Lipinski definition) is 2. The molecular weight excluding hydrogens is 222 g/mol. The lowest BCUT2D eigenvalue weighted by molar-refractivity contribution is 0.887. The molecule has 0 spiro atoms. The largest absolute Gasteiger partial charge is 0.326 e. The lowest BCUT2D eigenvalue weighted by Gasteiger charge is -2.04. The first-order valence-corrected chi connectivity index (χ1v) is 6.03. The number of rotatable bonds is 2. The second-order valence-corrected chi connectivity index (χ2v) is 4.38. The monoisotopic (exact) mass is 237 g/mol. The quantitative estimate of drug-likeness (QED) is 0.744. The molecule has 0 radical (unpaired) electrons. The van der Waals surface area contributed by atoms with Crippen LogP contribution in [0.1, 0.15) is 11.3 Å². The number of fused-ring (bicyclic) bond motifs is 1. The van der Waals surface area contributed by atoms with Crippen LogP contribution in [-0.2, 0) is 6.54 Å². The molecule has 0 bridgehead atoms. The maximum atomic E-state index is 5.61. The summed E-state index contributed by atoms with van der Waals surface area (Å²) in [6, 6.07) is 16.5. The Morgan fingerprint density at radius 1 is 1.06 bits per heavy atom. The minimum Gasteiger partial charge on any atom is -0.326 e. The summed E-state index contributed by atoms with van der Waals surface area (Å²) in [6.07, 6.45) is 0.